The van der Waals surface area contributed by atoms with Gasteiger partial charge in [0.2, 0.25) is 0 Å². The summed E-state index contributed by atoms with van der Waals surface area (Å²) in [5.74, 6) is 0. The Labute approximate surface area is 140 Å². The van der Waals surface area contributed by atoms with E-state index in [-0.39, 0.29) is 0 Å². The molecule has 2 unspecified atom stereocenters. The van der Waals surface area contributed by atoms with E-state index in [4.69, 9.17) is 5.73 Å². The molecule has 0 radical (unpaired) electrons. The summed E-state index contributed by atoms with van der Waals surface area (Å²) in [5, 5.41) is 0. The van der Waals surface area contributed by atoms with E-state index in [9.17, 15) is 0 Å². The van der Waals surface area contributed by atoms with E-state index in [1.165, 1.54) is 44.9 Å². The molecule has 0 bridgehead atoms. The van der Waals surface area contributed by atoms with Crippen LogP contribution < -0.4 is 5.73 Å². The van der Waals surface area contributed by atoms with E-state index >= 15 is 0 Å². The van der Waals surface area contributed by atoms with Gasteiger partial charge in [0.25, 0.3) is 0 Å². The van der Waals surface area contributed by atoms with Crippen molar-refractivity contribution in [3.8, 4) is 0 Å². The quantitative estimate of drug-likeness (QED) is 0.577. The first-order valence-electron chi connectivity index (χ1n) is 9.54. The van der Waals surface area contributed by atoms with Gasteiger partial charge in [-0.25, -0.2) is 0 Å². The Morgan fingerprint density at radius 3 is 2.14 bits per heavy atom. The van der Waals surface area contributed by atoms with Crippen LogP contribution >= 0.6 is 0 Å². The normalized spacial score (nSPS) is 30.5. The van der Waals surface area contributed by atoms with Crippen molar-refractivity contribution in [1.29, 1.82) is 0 Å². The molecular weight excluding hydrogens is 266 g/mol. The molecule has 2 N–H and O–H groups in total. The van der Waals surface area contributed by atoms with Crippen LogP contribution in [0.5, 0.6) is 0 Å². The Hall–Kier alpha value is -0.560. The fourth-order valence-corrected chi connectivity index (χ4v) is 3.51. The molecular formula is C21H41N. The van der Waals surface area contributed by atoms with Crippen molar-refractivity contribution < 1.29 is 0 Å². The van der Waals surface area contributed by atoms with Crippen LogP contribution in [0.1, 0.15) is 93.4 Å². The average Bonchev–Trinajstić information content (AvgIpc) is 2.55. The lowest BCUT2D eigenvalue weighted by molar-refractivity contribution is 0.180. The summed E-state index contributed by atoms with van der Waals surface area (Å²) in [5.41, 5.74) is 8.62. The molecule has 1 fully saturated rings. The first kappa shape index (κ1) is 21.4. The molecule has 0 saturated heterocycles. The van der Waals surface area contributed by atoms with Crippen molar-refractivity contribution in [3.63, 3.8) is 0 Å². The highest BCUT2D eigenvalue weighted by atomic mass is 14.6. The van der Waals surface area contributed by atoms with Crippen LogP contribution in [0.2, 0.25) is 0 Å². The predicted octanol–water partition coefficient (Wildman–Crippen LogP) is 6.64. The van der Waals surface area contributed by atoms with Crippen LogP contribution in [0, 0.1) is 10.8 Å². The van der Waals surface area contributed by atoms with Gasteiger partial charge in [0, 0.05) is 6.04 Å². The molecule has 1 heteroatoms. The van der Waals surface area contributed by atoms with Gasteiger partial charge in [-0.1, -0.05) is 66.7 Å². The lowest BCUT2D eigenvalue weighted by Gasteiger charge is -2.40. The Kier molecular flexibility index (Phi) is 10.00. The molecule has 0 aliphatic heterocycles. The van der Waals surface area contributed by atoms with Gasteiger partial charge in [-0.3, -0.25) is 0 Å². The smallest absolute Gasteiger partial charge is 0.00442 e. The van der Waals surface area contributed by atoms with Gasteiger partial charge in [-0.05, 0) is 61.3 Å². The largest absolute Gasteiger partial charge is 0.328 e. The molecule has 0 amide bonds. The van der Waals surface area contributed by atoms with Crippen LogP contribution in [-0.2, 0) is 0 Å². The molecule has 0 spiro atoms. The van der Waals surface area contributed by atoms with Gasteiger partial charge in [0.1, 0.15) is 0 Å². The van der Waals surface area contributed by atoms with E-state index in [1.54, 1.807) is 5.57 Å². The number of rotatable bonds is 1. The molecule has 2 aliphatic rings. The highest BCUT2D eigenvalue weighted by Crippen LogP contribution is 2.45. The lowest BCUT2D eigenvalue weighted by atomic mass is 9.66. The number of hydrogen-bond acceptors (Lipinski definition) is 1. The minimum absolute atomic E-state index is 0.353. The Bertz CT molecular complexity index is 351. The SMILES string of the molecule is CC.CC.CC1(C)CCC(C)(C2=CCCC=C2)CCC(N)C1. The molecule has 1 saturated carbocycles. The summed E-state index contributed by atoms with van der Waals surface area (Å²) < 4.78 is 0. The maximum atomic E-state index is 6.29. The van der Waals surface area contributed by atoms with E-state index in [1.807, 2.05) is 27.7 Å². The Balaban J connectivity index is 0.00000102. The third kappa shape index (κ3) is 6.69. The average molecular weight is 308 g/mol. The predicted molar refractivity (Wildman–Crippen MR) is 102 cm³/mol. The molecule has 130 valence electrons. The topological polar surface area (TPSA) is 26.0 Å². The van der Waals surface area contributed by atoms with Crippen LogP contribution in [0.4, 0.5) is 0 Å². The molecule has 0 aromatic rings. The Morgan fingerprint density at radius 2 is 1.59 bits per heavy atom. The fourth-order valence-electron chi connectivity index (χ4n) is 3.51. The first-order valence-corrected chi connectivity index (χ1v) is 9.54. The highest BCUT2D eigenvalue weighted by molar-refractivity contribution is 5.29. The van der Waals surface area contributed by atoms with Crippen molar-refractivity contribution in [2.45, 2.75) is 99.5 Å². The maximum Gasteiger partial charge on any atom is 0.00442 e. The number of allylic oxidation sites excluding steroid dienone is 4. The van der Waals surface area contributed by atoms with Crippen molar-refractivity contribution in [1.82, 2.24) is 0 Å². The second kappa shape index (κ2) is 10.3. The van der Waals surface area contributed by atoms with Gasteiger partial charge < -0.3 is 5.73 Å². The first-order chi connectivity index (χ1) is 10.4. The monoisotopic (exact) mass is 307 g/mol. The van der Waals surface area contributed by atoms with Crippen LogP contribution in [-0.4, -0.2) is 6.04 Å². The van der Waals surface area contributed by atoms with Crippen LogP contribution in [0.3, 0.4) is 0 Å². The standard InChI is InChI=1S/C17H29N.2C2H6/c1-16(2)11-12-17(3,10-9-15(18)13-16)14-7-5-4-6-8-14;2*1-2/h5,7-8,15H,4,6,9-13,18H2,1-3H3;2*1-2H3. The molecule has 0 aromatic carbocycles. The zero-order valence-electron chi connectivity index (χ0n) is 16.3. The van der Waals surface area contributed by atoms with Crippen molar-refractivity contribution in [2.24, 2.45) is 16.6 Å². The highest BCUT2D eigenvalue weighted by Gasteiger charge is 2.34. The van der Waals surface area contributed by atoms with Gasteiger partial charge in [-0.2, -0.15) is 0 Å². The minimum atomic E-state index is 0.353. The summed E-state index contributed by atoms with van der Waals surface area (Å²) in [6.45, 7) is 15.2. The van der Waals surface area contributed by atoms with Crippen molar-refractivity contribution in [2.75, 3.05) is 0 Å². The summed E-state index contributed by atoms with van der Waals surface area (Å²) in [7, 11) is 0. The van der Waals surface area contributed by atoms with E-state index < -0.39 is 0 Å². The zero-order chi connectivity index (χ0) is 17.2. The maximum absolute atomic E-state index is 6.29. The van der Waals surface area contributed by atoms with Crippen LogP contribution in [0.15, 0.2) is 23.8 Å². The summed E-state index contributed by atoms with van der Waals surface area (Å²) in [6, 6.07) is 0.382. The van der Waals surface area contributed by atoms with Gasteiger partial charge in [0.05, 0.1) is 0 Å². The summed E-state index contributed by atoms with van der Waals surface area (Å²) in [4.78, 5) is 0. The third-order valence-electron chi connectivity index (χ3n) is 4.93. The molecule has 22 heavy (non-hydrogen) atoms. The van der Waals surface area contributed by atoms with Gasteiger partial charge in [-0.15, -0.1) is 0 Å². The fraction of sp³-hybridized carbons (Fsp3) is 0.810. The van der Waals surface area contributed by atoms with Gasteiger partial charge >= 0.3 is 0 Å². The third-order valence-corrected chi connectivity index (χ3v) is 4.93. The minimum Gasteiger partial charge on any atom is -0.328 e. The van der Waals surface area contributed by atoms with E-state index in [2.05, 4.69) is 39.0 Å². The second-order valence-electron chi connectivity index (χ2n) is 7.37. The summed E-state index contributed by atoms with van der Waals surface area (Å²) in [6.07, 6.45) is 15.8. The van der Waals surface area contributed by atoms with Crippen LogP contribution in [0.25, 0.3) is 0 Å². The second-order valence-corrected chi connectivity index (χ2v) is 7.37. The van der Waals surface area contributed by atoms with E-state index in [0.717, 1.165) is 0 Å². The molecule has 2 rings (SSSR count). The number of hydrogen-bond donors (Lipinski definition) is 1. The van der Waals surface area contributed by atoms with Gasteiger partial charge in [0.15, 0.2) is 0 Å². The van der Waals surface area contributed by atoms with Crippen molar-refractivity contribution in [3.05, 3.63) is 23.8 Å². The Morgan fingerprint density at radius 1 is 0.955 bits per heavy atom. The summed E-state index contributed by atoms with van der Waals surface area (Å²) >= 11 is 0. The molecule has 1 nitrogen and oxygen atoms in total. The molecule has 0 heterocycles. The molecule has 2 aliphatic carbocycles. The number of nitrogens with two attached hydrogens (primary N) is 1. The molecule has 0 aromatic heterocycles. The zero-order valence-corrected chi connectivity index (χ0v) is 16.3. The van der Waals surface area contributed by atoms with Crippen molar-refractivity contribution >= 4 is 0 Å². The lowest BCUT2D eigenvalue weighted by Crippen LogP contribution is -2.34. The molecule has 2 atom stereocenters. The van der Waals surface area contributed by atoms with E-state index in [0.29, 0.717) is 16.9 Å².